The Bertz CT molecular complexity index is 1080. The summed E-state index contributed by atoms with van der Waals surface area (Å²) in [5.41, 5.74) is 4.05. The van der Waals surface area contributed by atoms with E-state index in [9.17, 15) is 9.90 Å². The third-order valence-electron chi connectivity index (χ3n) is 4.14. The first-order chi connectivity index (χ1) is 12.1. The summed E-state index contributed by atoms with van der Waals surface area (Å²) in [5, 5.41) is 10.2. The first-order valence-electron chi connectivity index (χ1n) is 7.92. The Morgan fingerprint density at radius 2 is 1.68 bits per heavy atom. The van der Waals surface area contributed by atoms with Crippen molar-refractivity contribution in [3.05, 3.63) is 77.9 Å². The fourth-order valence-electron chi connectivity index (χ4n) is 2.83. The van der Waals surface area contributed by atoms with E-state index in [0.717, 1.165) is 15.3 Å². The summed E-state index contributed by atoms with van der Waals surface area (Å²) in [5.74, 6) is -0.935. The molecule has 3 nitrogen and oxygen atoms in total. The lowest BCUT2D eigenvalue weighted by Gasteiger charge is -2.05. The van der Waals surface area contributed by atoms with Crippen molar-refractivity contribution in [2.45, 2.75) is 6.92 Å². The molecular weight excluding hydrogens is 330 g/mol. The molecular formula is C21H15NO2S. The SMILES string of the molecule is Cc1ccc(-c2ccc(-c3cc(C(=O)O)c4ccccc4n3)s2)cc1. The van der Waals surface area contributed by atoms with Gasteiger partial charge >= 0.3 is 5.97 Å². The predicted octanol–water partition coefficient (Wildman–Crippen LogP) is 5.64. The minimum absolute atomic E-state index is 0.283. The van der Waals surface area contributed by atoms with Gasteiger partial charge in [0.2, 0.25) is 0 Å². The van der Waals surface area contributed by atoms with E-state index in [1.165, 1.54) is 5.56 Å². The zero-order valence-electron chi connectivity index (χ0n) is 13.6. The Hall–Kier alpha value is -2.98. The Morgan fingerprint density at radius 1 is 0.960 bits per heavy atom. The number of thiophene rings is 1. The van der Waals surface area contributed by atoms with Crippen LogP contribution in [0.3, 0.4) is 0 Å². The van der Waals surface area contributed by atoms with Crippen molar-refractivity contribution in [3.63, 3.8) is 0 Å². The monoisotopic (exact) mass is 345 g/mol. The van der Waals surface area contributed by atoms with Crippen molar-refractivity contribution in [1.29, 1.82) is 0 Å². The second kappa shape index (κ2) is 6.15. The lowest BCUT2D eigenvalue weighted by atomic mass is 10.1. The minimum Gasteiger partial charge on any atom is -0.478 e. The Morgan fingerprint density at radius 3 is 2.44 bits per heavy atom. The number of rotatable bonds is 3. The van der Waals surface area contributed by atoms with Crippen LogP contribution >= 0.6 is 11.3 Å². The predicted molar refractivity (Wildman–Crippen MR) is 102 cm³/mol. The van der Waals surface area contributed by atoms with Crippen molar-refractivity contribution in [2.24, 2.45) is 0 Å². The van der Waals surface area contributed by atoms with Crippen LogP contribution in [-0.2, 0) is 0 Å². The molecule has 0 unspecified atom stereocenters. The molecule has 0 amide bonds. The molecule has 2 aromatic heterocycles. The van der Waals surface area contributed by atoms with Gasteiger partial charge in [-0.3, -0.25) is 0 Å². The maximum atomic E-state index is 11.6. The smallest absolute Gasteiger partial charge is 0.336 e. The summed E-state index contributed by atoms with van der Waals surface area (Å²) in [7, 11) is 0. The first kappa shape index (κ1) is 15.5. The molecule has 2 heterocycles. The highest BCUT2D eigenvalue weighted by Crippen LogP contribution is 2.35. The molecule has 25 heavy (non-hydrogen) atoms. The van der Waals surface area contributed by atoms with Crippen LogP contribution in [0.1, 0.15) is 15.9 Å². The third kappa shape index (κ3) is 2.92. The maximum absolute atomic E-state index is 11.6. The standard InChI is InChI=1S/C21H15NO2S/c1-13-6-8-14(9-7-13)19-10-11-20(25-19)18-12-16(21(23)24)15-4-2-3-5-17(15)22-18/h2-12H,1H3,(H,23,24). The van der Waals surface area contributed by atoms with E-state index in [0.29, 0.717) is 16.6 Å². The number of carboxylic acids is 1. The summed E-state index contributed by atoms with van der Waals surface area (Å²) >= 11 is 1.62. The number of nitrogens with zero attached hydrogens (tertiary/aromatic N) is 1. The highest BCUT2D eigenvalue weighted by molar-refractivity contribution is 7.18. The van der Waals surface area contributed by atoms with Gasteiger partial charge in [-0.1, -0.05) is 48.0 Å². The number of hydrogen-bond acceptors (Lipinski definition) is 3. The number of para-hydroxylation sites is 1. The molecule has 122 valence electrons. The number of benzene rings is 2. The van der Waals surface area contributed by atoms with Gasteiger partial charge in [-0.15, -0.1) is 11.3 Å². The van der Waals surface area contributed by atoms with Gasteiger partial charge in [-0.2, -0.15) is 0 Å². The Balaban J connectivity index is 1.82. The number of aromatic carboxylic acids is 1. The summed E-state index contributed by atoms with van der Waals surface area (Å²) < 4.78 is 0. The van der Waals surface area contributed by atoms with Gasteiger partial charge in [0, 0.05) is 10.3 Å². The molecule has 0 saturated carbocycles. The second-order valence-electron chi connectivity index (χ2n) is 5.91. The Kier molecular flexibility index (Phi) is 3.82. The van der Waals surface area contributed by atoms with E-state index in [1.807, 2.05) is 24.3 Å². The van der Waals surface area contributed by atoms with Crippen molar-refractivity contribution >= 4 is 28.2 Å². The fraction of sp³-hybridized carbons (Fsp3) is 0.0476. The highest BCUT2D eigenvalue weighted by Gasteiger charge is 2.14. The van der Waals surface area contributed by atoms with Crippen LogP contribution in [0.25, 0.3) is 31.9 Å². The van der Waals surface area contributed by atoms with Gasteiger partial charge < -0.3 is 5.11 Å². The van der Waals surface area contributed by atoms with Gasteiger partial charge in [-0.25, -0.2) is 9.78 Å². The molecule has 4 rings (SSSR count). The summed E-state index contributed by atoms with van der Waals surface area (Å²) in [6, 6.07) is 21.4. The summed E-state index contributed by atoms with van der Waals surface area (Å²) in [4.78, 5) is 18.4. The van der Waals surface area contributed by atoms with Crippen molar-refractivity contribution in [2.75, 3.05) is 0 Å². The first-order valence-corrected chi connectivity index (χ1v) is 8.74. The molecule has 0 radical (unpaired) electrons. The van der Waals surface area contributed by atoms with Crippen molar-refractivity contribution < 1.29 is 9.90 Å². The maximum Gasteiger partial charge on any atom is 0.336 e. The third-order valence-corrected chi connectivity index (χ3v) is 5.30. The van der Waals surface area contributed by atoms with Gasteiger partial charge in [0.25, 0.3) is 0 Å². The fourth-order valence-corrected chi connectivity index (χ4v) is 3.80. The number of pyridine rings is 1. The Labute approximate surface area is 149 Å². The number of aryl methyl sites for hydroxylation is 1. The van der Waals surface area contributed by atoms with Crippen LogP contribution < -0.4 is 0 Å². The van der Waals surface area contributed by atoms with Crippen LogP contribution in [0.4, 0.5) is 0 Å². The van der Waals surface area contributed by atoms with Crippen LogP contribution in [-0.4, -0.2) is 16.1 Å². The lowest BCUT2D eigenvalue weighted by molar-refractivity contribution is 0.0699. The van der Waals surface area contributed by atoms with Gasteiger partial charge in [0.05, 0.1) is 21.7 Å². The average molecular weight is 345 g/mol. The van der Waals surface area contributed by atoms with E-state index in [2.05, 4.69) is 42.2 Å². The molecule has 0 aliphatic rings. The number of hydrogen-bond donors (Lipinski definition) is 1. The van der Waals surface area contributed by atoms with Crippen LogP contribution in [0, 0.1) is 6.92 Å². The molecule has 0 bridgehead atoms. The largest absolute Gasteiger partial charge is 0.478 e. The van der Waals surface area contributed by atoms with E-state index >= 15 is 0 Å². The van der Waals surface area contributed by atoms with E-state index in [4.69, 9.17) is 0 Å². The lowest BCUT2D eigenvalue weighted by Crippen LogP contribution is -1.99. The van der Waals surface area contributed by atoms with Gasteiger partial charge in [0.15, 0.2) is 0 Å². The molecule has 1 N–H and O–H groups in total. The number of aromatic nitrogens is 1. The molecule has 4 heteroatoms. The molecule has 0 aliphatic heterocycles. The molecule has 0 spiro atoms. The van der Waals surface area contributed by atoms with E-state index in [1.54, 1.807) is 23.5 Å². The van der Waals surface area contributed by atoms with E-state index < -0.39 is 5.97 Å². The normalized spacial score (nSPS) is 10.9. The minimum atomic E-state index is -0.935. The number of carbonyl (C=O) groups is 1. The van der Waals surface area contributed by atoms with Gasteiger partial charge in [-0.05, 0) is 36.8 Å². The number of carboxylic acid groups (broad SMARTS) is 1. The zero-order valence-corrected chi connectivity index (χ0v) is 14.4. The molecule has 0 aliphatic carbocycles. The molecule has 0 atom stereocenters. The molecule has 0 saturated heterocycles. The van der Waals surface area contributed by atoms with Crippen molar-refractivity contribution in [1.82, 2.24) is 4.98 Å². The van der Waals surface area contributed by atoms with Crippen molar-refractivity contribution in [3.8, 4) is 21.0 Å². The van der Waals surface area contributed by atoms with Gasteiger partial charge in [0.1, 0.15) is 0 Å². The summed E-state index contributed by atoms with van der Waals surface area (Å²) in [6.07, 6.45) is 0. The number of fused-ring (bicyclic) bond motifs is 1. The van der Waals surface area contributed by atoms with Crippen LogP contribution in [0.15, 0.2) is 66.7 Å². The second-order valence-corrected chi connectivity index (χ2v) is 6.99. The van der Waals surface area contributed by atoms with E-state index in [-0.39, 0.29) is 5.56 Å². The zero-order chi connectivity index (χ0) is 17.4. The molecule has 4 aromatic rings. The molecule has 0 fully saturated rings. The van der Waals surface area contributed by atoms with Crippen LogP contribution in [0.2, 0.25) is 0 Å². The highest BCUT2D eigenvalue weighted by atomic mass is 32.1. The van der Waals surface area contributed by atoms with Crippen LogP contribution in [0.5, 0.6) is 0 Å². The summed E-state index contributed by atoms with van der Waals surface area (Å²) in [6.45, 7) is 2.07. The average Bonchev–Trinajstić information content (AvgIpc) is 3.11. The molecule has 2 aromatic carbocycles. The topological polar surface area (TPSA) is 50.2 Å². The quantitative estimate of drug-likeness (QED) is 0.523.